The van der Waals surface area contributed by atoms with Crippen molar-refractivity contribution in [1.29, 1.82) is 0 Å². The van der Waals surface area contributed by atoms with Gasteiger partial charge in [0.1, 0.15) is 5.82 Å². The Morgan fingerprint density at radius 3 is 2.58 bits per heavy atom. The molecule has 7 heteroatoms. The first kappa shape index (κ1) is 18.4. The fourth-order valence-corrected chi connectivity index (χ4v) is 2.96. The topological polar surface area (TPSA) is 75.4 Å². The lowest BCUT2D eigenvalue weighted by molar-refractivity contribution is -0.131. The highest BCUT2D eigenvalue weighted by molar-refractivity contribution is 5.76. The van der Waals surface area contributed by atoms with E-state index in [1.807, 2.05) is 30.9 Å². The van der Waals surface area contributed by atoms with E-state index in [4.69, 9.17) is 4.52 Å². The van der Waals surface area contributed by atoms with Gasteiger partial charge in [0.15, 0.2) is 0 Å². The molecule has 0 bridgehead atoms. The van der Waals surface area contributed by atoms with E-state index in [0.29, 0.717) is 18.1 Å². The molecular formula is C19H27N5O2. The Bertz CT molecular complexity index is 718. The van der Waals surface area contributed by atoms with Crippen molar-refractivity contribution in [3.8, 4) is 11.4 Å². The van der Waals surface area contributed by atoms with Crippen molar-refractivity contribution in [3.63, 3.8) is 0 Å². The zero-order valence-electron chi connectivity index (χ0n) is 15.8. The second-order valence-corrected chi connectivity index (χ2v) is 6.99. The molecule has 2 aromatic heterocycles. The number of rotatable bonds is 6. The van der Waals surface area contributed by atoms with Crippen molar-refractivity contribution >= 4 is 11.7 Å². The van der Waals surface area contributed by atoms with Gasteiger partial charge in [0.05, 0.1) is 0 Å². The van der Waals surface area contributed by atoms with Crippen LogP contribution >= 0.6 is 0 Å². The van der Waals surface area contributed by atoms with E-state index < -0.39 is 0 Å². The summed E-state index contributed by atoms with van der Waals surface area (Å²) in [7, 11) is 0. The van der Waals surface area contributed by atoms with Gasteiger partial charge in [-0.1, -0.05) is 32.3 Å². The molecule has 26 heavy (non-hydrogen) atoms. The monoisotopic (exact) mass is 357 g/mol. The average molecular weight is 357 g/mol. The maximum Gasteiger partial charge on any atom is 0.229 e. The Morgan fingerprint density at radius 1 is 1.23 bits per heavy atom. The third-order valence-corrected chi connectivity index (χ3v) is 4.64. The molecule has 0 aromatic carbocycles. The number of anilines is 1. The van der Waals surface area contributed by atoms with Gasteiger partial charge in [-0.2, -0.15) is 4.98 Å². The number of aromatic nitrogens is 3. The molecule has 3 heterocycles. The molecule has 0 saturated carbocycles. The first-order chi connectivity index (χ1) is 12.6. The van der Waals surface area contributed by atoms with E-state index in [0.717, 1.165) is 50.4 Å². The molecule has 0 atom stereocenters. The van der Waals surface area contributed by atoms with Gasteiger partial charge < -0.3 is 14.3 Å². The summed E-state index contributed by atoms with van der Waals surface area (Å²) in [6.07, 6.45) is 4.47. The summed E-state index contributed by atoms with van der Waals surface area (Å²) in [5.74, 6) is 2.60. The summed E-state index contributed by atoms with van der Waals surface area (Å²) < 4.78 is 5.25. The molecule has 0 N–H and O–H groups in total. The molecule has 0 unspecified atom stereocenters. The SMILES string of the molecule is CCCCC(=O)N1CCN(c2ccc(-c3noc(C(C)C)n3)cn2)CC1. The van der Waals surface area contributed by atoms with Gasteiger partial charge in [-0.25, -0.2) is 4.98 Å². The smallest absolute Gasteiger partial charge is 0.229 e. The standard InChI is InChI=1S/C19H27N5O2/c1-4-5-6-17(25)24-11-9-23(10-12-24)16-8-7-15(13-20-16)18-21-19(14(2)3)26-22-18/h7-8,13-14H,4-6,9-12H2,1-3H3. The molecule has 1 amide bonds. The zero-order chi connectivity index (χ0) is 18.5. The zero-order valence-corrected chi connectivity index (χ0v) is 15.8. The predicted octanol–water partition coefficient (Wildman–Crippen LogP) is 3.09. The highest BCUT2D eigenvalue weighted by Crippen LogP contribution is 2.21. The maximum atomic E-state index is 12.1. The predicted molar refractivity (Wildman–Crippen MR) is 99.9 cm³/mol. The van der Waals surface area contributed by atoms with Gasteiger partial charge in [-0.15, -0.1) is 0 Å². The van der Waals surface area contributed by atoms with Gasteiger partial charge in [0, 0.05) is 50.3 Å². The van der Waals surface area contributed by atoms with Crippen LogP contribution < -0.4 is 4.90 Å². The van der Waals surface area contributed by atoms with Gasteiger partial charge in [0.25, 0.3) is 0 Å². The minimum Gasteiger partial charge on any atom is -0.353 e. The van der Waals surface area contributed by atoms with E-state index in [1.165, 1.54) is 0 Å². The molecule has 1 saturated heterocycles. The van der Waals surface area contributed by atoms with Crippen LogP contribution in [0, 0.1) is 0 Å². The van der Waals surface area contributed by atoms with E-state index in [-0.39, 0.29) is 11.8 Å². The molecule has 1 aliphatic rings. The van der Waals surface area contributed by atoms with Crippen LogP contribution in [0.5, 0.6) is 0 Å². The minimum absolute atomic E-state index is 0.208. The molecule has 1 fully saturated rings. The van der Waals surface area contributed by atoms with Crippen LogP contribution in [0.3, 0.4) is 0 Å². The lowest BCUT2D eigenvalue weighted by atomic mass is 10.2. The normalized spacial score (nSPS) is 14.9. The Balaban J connectivity index is 1.58. The van der Waals surface area contributed by atoms with Crippen LogP contribution in [0.1, 0.15) is 51.8 Å². The number of carbonyl (C=O) groups is 1. The first-order valence-corrected chi connectivity index (χ1v) is 9.41. The van der Waals surface area contributed by atoms with Gasteiger partial charge in [-0.3, -0.25) is 4.79 Å². The van der Waals surface area contributed by atoms with Gasteiger partial charge in [-0.05, 0) is 18.6 Å². The van der Waals surface area contributed by atoms with Crippen LogP contribution in [-0.2, 0) is 4.79 Å². The molecule has 7 nitrogen and oxygen atoms in total. The van der Waals surface area contributed by atoms with Crippen molar-refractivity contribution < 1.29 is 9.32 Å². The van der Waals surface area contributed by atoms with Crippen molar-refractivity contribution in [2.75, 3.05) is 31.1 Å². The number of nitrogens with zero attached hydrogens (tertiary/aromatic N) is 5. The van der Waals surface area contributed by atoms with E-state index >= 15 is 0 Å². The molecule has 1 aliphatic heterocycles. The second-order valence-electron chi connectivity index (χ2n) is 6.99. The molecule has 0 aliphatic carbocycles. The van der Waals surface area contributed by atoms with Crippen LogP contribution in [0.4, 0.5) is 5.82 Å². The summed E-state index contributed by atoms with van der Waals surface area (Å²) in [6.45, 7) is 9.28. The molecule has 3 rings (SSSR count). The fraction of sp³-hybridized carbons (Fsp3) is 0.579. The third-order valence-electron chi connectivity index (χ3n) is 4.64. The van der Waals surface area contributed by atoms with Crippen molar-refractivity contribution in [2.24, 2.45) is 0 Å². The number of piperazine rings is 1. The Labute approximate surface area is 154 Å². The molecule has 0 radical (unpaired) electrons. The van der Waals surface area contributed by atoms with Crippen molar-refractivity contribution in [2.45, 2.75) is 46.0 Å². The number of unbranched alkanes of at least 4 members (excludes halogenated alkanes) is 1. The van der Waals surface area contributed by atoms with Crippen LogP contribution in [-0.4, -0.2) is 52.1 Å². The fourth-order valence-electron chi connectivity index (χ4n) is 2.96. The third kappa shape index (κ3) is 4.20. The molecule has 0 spiro atoms. The van der Waals surface area contributed by atoms with Crippen molar-refractivity contribution in [3.05, 3.63) is 24.2 Å². The van der Waals surface area contributed by atoms with Crippen LogP contribution in [0.2, 0.25) is 0 Å². The summed E-state index contributed by atoms with van der Waals surface area (Å²) in [5.41, 5.74) is 0.845. The van der Waals surface area contributed by atoms with E-state index in [2.05, 4.69) is 26.9 Å². The van der Waals surface area contributed by atoms with Crippen LogP contribution in [0.25, 0.3) is 11.4 Å². The number of pyridine rings is 1. The van der Waals surface area contributed by atoms with Crippen molar-refractivity contribution in [1.82, 2.24) is 20.0 Å². The minimum atomic E-state index is 0.208. The highest BCUT2D eigenvalue weighted by Gasteiger charge is 2.21. The number of carbonyl (C=O) groups excluding carboxylic acids is 1. The summed E-state index contributed by atoms with van der Waals surface area (Å²) in [5, 5.41) is 4.02. The molecule has 140 valence electrons. The second kappa shape index (κ2) is 8.29. The maximum absolute atomic E-state index is 12.1. The highest BCUT2D eigenvalue weighted by atomic mass is 16.5. The van der Waals surface area contributed by atoms with Gasteiger partial charge >= 0.3 is 0 Å². The number of hydrogen-bond donors (Lipinski definition) is 0. The van der Waals surface area contributed by atoms with Gasteiger partial charge in [0.2, 0.25) is 17.6 Å². The largest absolute Gasteiger partial charge is 0.353 e. The lowest BCUT2D eigenvalue weighted by Gasteiger charge is -2.35. The Hall–Kier alpha value is -2.44. The van der Waals surface area contributed by atoms with E-state index in [9.17, 15) is 4.79 Å². The Kier molecular flexibility index (Phi) is 5.85. The first-order valence-electron chi connectivity index (χ1n) is 9.41. The Morgan fingerprint density at radius 2 is 2.00 bits per heavy atom. The van der Waals surface area contributed by atoms with E-state index in [1.54, 1.807) is 6.20 Å². The molecule has 2 aromatic rings. The summed E-state index contributed by atoms with van der Waals surface area (Å²) >= 11 is 0. The number of amides is 1. The quantitative estimate of drug-likeness (QED) is 0.791. The van der Waals surface area contributed by atoms with Crippen LogP contribution in [0.15, 0.2) is 22.9 Å². The number of hydrogen-bond acceptors (Lipinski definition) is 6. The summed E-state index contributed by atoms with van der Waals surface area (Å²) in [4.78, 5) is 25.3. The average Bonchev–Trinajstić information content (AvgIpc) is 3.17. The summed E-state index contributed by atoms with van der Waals surface area (Å²) in [6, 6.07) is 3.95. The molecular weight excluding hydrogens is 330 g/mol. The lowest BCUT2D eigenvalue weighted by Crippen LogP contribution is -2.49.